The maximum absolute atomic E-state index is 5.79. The van der Waals surface area contributed by atoms with Gasteiger partial charge in [-0.15, -0.1) is 0 Å². The zero-order valence-corrected chi connectivity index (χ0v) is 12.3. The molecular weight excluding hydrogens is 337 g/mol. The average Bonchev–Trinajstić information content (AvgIpc) is 2.41. The number of ether oxygens (including phenoxy) is 1. The van der Waals surface area contributed by atoms with E-state index in [-0.39, 0.29) is 0 Å². The second-order valence-corrected chi connectivity index (χ2v) is 5.23. The van der Waals surface area contributed by atoms with Crippen LogP contribution in [0.2, 0.25) is 0 Å². The fourth-order valence-electron chi connectivity index (χ4n) is 1.73. The van der Waals surface area contributed by atoms with Gasteiger partial charge in [-0.05, 0) is 64.9 Å². The standard InChI is InChI=1S/C15H16INO/c16-15-7-6-14(10-13(15)8-9-17)18-11-12-4-2-1-3-5-12/h1-7,10H,8-9,11,17H2. The molecule has 0 fully saturated rings. The Hall–Kier alpha value is -1.07. The molecule has 2 rings (SSSR count). The van der Waals surface area contributed by atoms with E-state index in [0.29, 0.717) is 13.2 Å². The predicted molar refractivity (Wildman–Crippen MR) is 82.7 cm³/mol. The molecule has 2 nitrogen and oxygen atoms in total. The Morgan fingerprint density at radius 1 is 1.06 bits per heavy atom. The van der Waals surface area contributed by atoms with E-state index in [1.54, 1.807) is 0 Å². The fraction of sp³-hybridized carbons (Fsp3) is 0.200. The molecule has 0 amide bonds. The van der Waals surface area contributed by atoms with E-state index >= 15 is 0 Å². The first kappa shape index (κ1) is 13.4. The Labute approximate surface area is 121 Å². The summed E-state index contributed by atoms with van der Waals surface area (Å²) in [6, 6.07) is 16.3. The summed E-state index contributed by atoms with van der Waals surface area (Å²) in [6.45, 7) is 1.27. The van der Waals surface area contributed by atoms with E-state index in [4.69, 9.17) is 10.5 Å². The lowest BCUT2D eigenvalue weighted by Gasteiger charge is -2.09. The van der Waals surface area contributed by atoms with Crippen LogP contribution >= 0.6 is 22.6 Å². The molecule has 0 bridgehead atoms. The van der Waals surface area contributed by atoms with Crippen molar-refractivity contribution in [3.63, 3.8) is 0 Å². The molecule has 3 heteroatoms. The number of hydrogen-bond acceptors (Lipinski definition) is 2. The number of rotatable bonds is 5. The van der Waals surface area contributed by atoms with Gasteiger partial charge in [0.1, 0.15) is 12.4 Å². The SMILES string of the molecule is NCCc1cc(OCc2ccccc2)ccc1I. The molecule has 0 aliphatic rings. The third-order valence-electron chi connectivity index (χ3n) is 2.68. The molecule has 18 heavy (non-hydrogen) atoms. The van der Waals surface area contributed by atoms with E-state index in [2.05, 4.69) is 46.9 Å². The topological polar surface area (TPSA) is 35.2 Å². The van der Waals surface area contributed by atoms with Crippen LogP contribution in [0.15, 0.2) is 48.5 Å². The van der Waals surface area contributed by atoms with Crippen molar-refractivity contribution in [1.29, 1.82) is 0 Å². The highest BCUT2D eigenvalue weighted by Gasteiger charge is 2.02. The highest BCUT2D eigenvalue weighted by molar-refractivity contribution is 14.1. The van der Waals surface area contributed by atoms with Crippen molar-refractivity contribution >= 4 is 22.6 Å². The van der Waals surface area contributed by atoms with Crippen LogP contribution in [0.3, 0.4) is 0 Å². The van der Waals surface area contributed by atoms with Crippen LogP contribution in [0.4, 0.5) is 0 Å². The Balaban J connectivity index is 2.03. The van der Waals surface area contributed by atoms with E-state index < -0.39 is 0 Å². The minimum atomic E-state index is 0.601. The van der Waals surface area contributed by atoms with Gasteiger partial charge >= 0.3 is 0 Å². The maximum atomic E-state index is 5.79. The monoisotopic (exact) mass is 353 g/mol. The van der Waals surface area contributed by atoms with Gasteiger partial charge in [0.25, 0.3) is 0 Å². The molecule has 0 aliphatic heterocycles. The third-order valence-corrected chi connectivity index (χ3v) is 3.73. The minimum absolute atomic E-state index is 0.601. The molecule has 0 unspecified atom stereocenters. The number of halogens is 1. The molecular formula is C15H16INO. The van der Waals surface area contributed by atoms with Crippen LogP contribution < -0.4 is 10.5 Å². The Kier molecular flexibility index (Phi) is 5.01. The highest BCUT2D eigenvalue weighted by Crippen LogP contribution is 2.20. The van der Waals surface area contributed by atoms with Crippen molar-refractivity contribution in [1.82, 2.24) is 0 Å². The van der Waals surface area contributed by atoms with E-state index in [9.17, 15) is 0 Å². The molecule has 0 heterocycles. The van der Waals surface area contributed by atoms with Gasteiger partial charge in [-0.3, -0.25) is 0 Å². The molecule has 2 aromatic rings. The van der Waals surface area contributed by atoms with Crippen LogP contribution in [0.5, 0.6) is 5.75 Å². The Morgan fingerprint density at radius 3 is 2.56 bits per heavy atom. The quantitative estimate of drug-likeness (QED) is 0.837. The number of nitrogens with two attached hydrogens (primary N) is 1. The van der Waals surface area contributed by atoms with Crippen molar-refractivity contribution in [2.24, 2.45) is 5.73 Å². The summed E-state index contributed by atoms with van der Waals surface area (Å²) in [6.07, 6.45) is 0.890. The fourth-order valence-corrected chi connectivity index (χ4v) is 2.33. The smallest absolute Gasteiger partial charge is 0.120 e. The zero-order chi connectivity index (χ0) is 12.8. The number of hydrogen-bond donors (Lipinski definition) is 1. The lowest BCUT2D eigenvalue weighted by atomic mass is 10.1. The molecule has 0 saturated carbocycles. The molecule has 0 spiro atoms. The maximum Gasteiger partial charge on any atom is 0.120 e. The first-order valence-electron chi connectivity index (χ1n) is 5.95. The molecule has 0 aromatic heterocycles. The average molecular weight is 353 g/mol. The van der Waals surface area contributed by atoms with Gasteiger partial charge in [-0.2, -0.15) is 0 Å². The first-order chi connectivity index (χ1) is 8.79. The predicted octanol–water partition coefficient (Wildman–Crippen LogP) is 3.37. The second-order valence-electron chi connectivity index (χ2n) is 4.07. The van der Waals surface area contributed by atoms with E-state index in [1.165, 1.54) is 14.7 Å². The van der Waals surface area contributed by atoms with Gasteiger partial charge in [0.05, 0.1) is 0 Å². The van der Waals surface area contributed by atoms with Crippen LogP contribution in [0.25, 0.3) is 0 Å². The van der Waals surface area contributed by atoms with Crippen LogP contribution in [-0.4, -0.2) is 6.54 Å². The normalized spacial score (nSPS) is 10.3. The van der Waals surface area contributed by atoms with E-state index in [0.717, 1.165) is 12.2 Å². The van der Waals surface area contributed by atoms with Gasteiger partial charge in [-0.25, -0.2) is 0 Å². The van der Waals surface area contributed by atoms with Gasteiger partial charge in [0.15, 0.2) is 0 Å². The van der Waals surface area contributed by atoms with Gasteiger partial charge in [-0.1, -0.05) is 30.3 Å². The molecule has 2 N–H and O–H groups in total. The second kappa shape index (κ2) is 6.75. The highest BCUT2D eigenvalue weighted by atomic mass is 127. The summed E-state index contributed by atoms with van der Waals surface area (Å²) in [4.78, 5) is 0. The van der Waals surface area contributed by atoms with Gasteiger partial charge in [0.2, 0.25) is 0 Å². The lowest BCUT2D eigenvalue weighted by Crippen LogP contribution is -2.04. The zero-order valence-electron chi connectivity index (χ0n) is 10.1. The van der Waals surface area contributed by atoms with Crippen molar-refractivity contribution in [3.05, 3.63) is 63.2 Å². The van der Waals surface area contributed by atoms with Crippen LogP contribution in [0.1, 0.15) is 11.1 Å². The van der Waals surface area contributed by atoms with Gasteiger partial charge < -0.3 is 10.5 Å². The summed E-state index contributed by atoms with van der Waals surface area (Å²) >= 11 is 2.33. The van der Waals surface area contributed by atoms with E-state index in [1.807, 2.05) is 24.3 Å². The Morgan fingerprint density at radius 2 is 1.83 bits per heavy atom. The third kappa shape index (κ3) is 3.71. The largest absolute Gasteiger partial charge is 0.489 e. The molecule has 0 aliphatic carbocycles. The van der Waals surface area contributed by atoms with Crippen LogP contribution in [-0.2, 0) is 13.0 Å². The molecule has 2 aromatic carbocycles. The van der Waals surface area contributed by atoms with Crippen molar-refractivity contribution in [3.8, 4) is 5.75 Å². The lowest BCUT2D eigenvalue weighted by molar-refractivity contribution is 0.306. The molecule has 0 atom stereocenters. The molecule has 0 radical (unpaired) electrons. The number of benzene rings is 2. The minimum Gasteiger partial charge on any atom is -0.489 e. The van der Waals surface area contributed by atoms with Crippen molar-refractivity contribution in [2.75, 3.05) is 6.54 Å². The van der Waals surface area contributed by atoms with Crippen LogP contribution in [0, 0.1) is 3.57 Å². The summed E-state index contributed by atoms with van der Waals surface area (Å²) in [5.41, 5.74) is 8.03. The summed E-state index contributed by atoms with van der Waals surface area (Å²) < 4.78 is 7.03. The summed E-state index contributed by atoms with van der Waals surface area (Å²) in [7, 11) is 0. The van der Waals surface area contributed by atoms with Crippen molar-refractivity contribution in [2.45, 2.75) is 13.0 Å². The summed E-state index contributed by atoms with van der Waals surface area (Å²) in [5, 5.41) is 0. The van der Waals surface area contributed by atoms with Gasteiger partial charge in [0, 0.05) is 3.57 Å². The first-order valence-corrected chi connectivity index (χ1v) is 7.02. The van der Waals surface area contributed by atoms with Crippen molar-refractivity contribution < 1.29 is 4.74 Å². The molecule has 94 valence electrons. The Bertz CT molecular complexity index is 499. The summed E-state index contributed by atoms with van der Waals surface area (Å²) in [5.74, 6) is 0.905. The molecule has 0 saturated heterocycles.